The van der Waals surface area contributed by atoms with Crippen LogP contribution in [0.3, 0.4) is 0 Å². The lowest BCUT2D eigenvalue weighted by atomic mass is 9.88. The van der Waals surface area contributed by atoms with Gasteiger partial charge in [0.25, 0.3) is 5.91 Å². The first kappa shape index (κ1) is 17.9. The van der Waals surface area contributed by atoms with Gasteiger partial charge in [0.2, 0.25) is 11.8 Å². The molecule has 9 nitrogen and oxygen atoms in total. The van der Waals surface area contributed by atoms with E-state index >= 15 is 0 Å². The average molecular weight is 355 g/mol. The maximum Gasteiger partial charge on any atom is 0.364 e. The van der Waals surface area contributed by atoms with Crippen molar-refractivity contribution in [1.82, 2.24) is 14.9 Å². The lowest BCUT2D eigenvalue weighted by Crippen LogP contribution is -2.83. The number of carbonyl (C=O) groups excluding carboxylic acids is 3. The van der Waals surface area contributed by atoms with Gasteiger partial charge >= 0.3 is 10.3 Å². The van der Waals surface area contributed by atoms with Gasteiger partial charge in [0.15, 0.2) is 11.7 Å². The number of nitrogens with zero attached hydrogens (tertiary/aromatic N) is 1. The van der Waals surface area contributed by atoms with Gasteiger partial charge in [-0.2, -0.15) is 12.7 Å². The molecule has 1 aromatic carbocycles. The predicted octanol–water partition coefficient (Wildman–Crippen LogP) is -0.789. The molecule has 1 aliphatic heterocycles. The zero-order valence-electron chi connectivity index (χ0n) is 13.0. The first-order valence-corrected chi connectivity index (χ1v) is 8.38. The molecule has 2 atom stereocenters. The highest BCUT2D eigenvalue weighted by Crippen LogP contribution is 2.31. The largest absolute Gasteiger partial charge is 0.364 e. The van der Waals surface area contributed by atoms with Crippen LogP contribution in [-0.2, 0) is 31.1 Å². The lowest BCUT2D eigenvalue weighted by Gasteiger charge is -2.51. The maximum atomic E-state index is 12.1. The lowest BCUT2D eigenvalue weighted by molar-refractivity contribution is -0.158. The van der Waals surface area contributed by atoms with Crippen LogP contribution in [0.4, 0.5) is 0 Å². The normalized spacial score (nSPS) is 23.4. The molecule has 10 heteroatoms. The van der Waals surface area contributed by atoms with Crippen molar-refractivity contribution in [3.63, 3.8) is 0 Å². The minimum atomic E-state index is -4.86. The second kappa shape index (κ2) is 6.21. The maximum absolute atomic E-state index is 12.1. The number of nitrogens with one attached hydrogen (secondary N) is 2. The van der Waals surface area contributed by atoms with Gasteiger partial charge in [-0.1, -0.05) is 30.3 Å². The van der Waals surface area contributed by atoms with Crippen molar-refractivity contribution in [2.24, 2.45) is 0 Å². The Morgan fingerprint density at radius 1 is 1.29 bits per heavy atom. The van der Waals surface area contributed by atoms with E-state index < -0.39 is 39.7 Å². The Balaban J connectivity index is 2.18. The van der Waals surface area contributed by atoms with Gasteiger partial charge in [-0.15, -0.1) is 0 Å². The van der Waals surface area contributed by atoms with Crippen LogP contribution in [0, 0.1) is 0 Å². The smallest absolute Gasteiger partial charge is 0.338 e. The van der Waals surface area contributed by atoms with E-state index in [-0.39, 0.29) is 10.7 Å². The molecule has 1 fully saturated rings. The molecular weight excluding hydrogens is 338 g/mol. The van der Waals surface area contributed by atoms with Crippen LogP contribution in [0.5, 0.6) is 0 Å². The van der Waals surface area contributed by atoms with E-state index in [1.165, 1.54) is 6.92 Å². The van der Waals surface area contributed by atoms with Crippen molar-refractivity contribution in [1.29, 1.82) is 0 Å². The molecule has 0 radical (unpaired) electrons. The van der Waals surface area contributed by atoms with Crippen LogP contribution in [0.2, 0.25) is 0 Å². The molecule has 0 bridgehead atoms. The van der Waals surface area contributed by atoms with Gasteiger partial charge in [0.1, 0.15) is 0 Å². The number of benzene rings is 1. The zero-order valence-corrected chi connectivity index (χ0v) is 13.8. The van der Waals surface area contributed by atoms with Gasteiger partial charge in [-0.3, -0.25) is 18.9 Å². The molecule has 0 saturated carbocycles. The second-order valence-corrected chi connectivity index (χ2v) is 6.88. The van der Waals surface area contributed by atoms with Crippen LogP contribution < -0.4 is 10.6 Å². The van der Waals surface area contributed by atoms with Gasteiger partial charge < -0.3 is 10.6 Å². The monoisotopic (exact) mass is 355 g/mol. The Labute approximate surface area is 138 Å². The Morgan fingerprint density at radius 2 is 1.88 bits per heavy atom. The van der Waals surface area contributed by atoms with E-state index in [1.807, 2.05) is 0 Å². The molecule has 24 heavy (non-hydrogen) atoms. The molecule has 0 spiro atoms. The highest BCUT2D eigenvalue weighted by Gasteiger charge is 2.63. The van der Waals surface area contributed by atoms with Gasteiger partial charge in [-0.05, 0) is 12.5 Å². The summed E-state index contributed by atoms with van der Waals surface area (Å²) in [6.45, 7) is 2.40. The molecule has 3 N–H and O–H groups in total. The summed E-state index contributed by atoms with van der Waals surface area (Å²) in [6, 6.07) is 8.73. The summed E-state index contributed by atoms with van der Waals surface area (Å²) in [5.41, 5.74) is -0.971. The summed E-state index contributed by atoms with van der Waals surface area (Å²) < 4.78 is 31.8. The Morgan fingerprint density at radius 3 is 2.38 bits per heavy atom. The molecular formula is C14H17N3O6S. The fourth-order valence-corrected chi connectivity index (χ4v) is 3.43. The van der Waals surface area contributed by atoms with Crippen LogP contribution in [-0.4, -0.2) is 46.7 Å². The number of hydrogen-bond donors (Lipinski definition) is 3. The van der Waals surface area contributed by atoms with Crippen molar-refractivity contribution in [3.8, 4) is 0 Å². The molecule has 0 aromatic heterocycles. The van der Waals surface area contributed by atoms with Crippen molar-refractivity contribution in [2.45, 2.75) is 32.0 Å². The van der Waals surface area contributed by atoms with Crippen LogP contribution in [0.15, 0.2) is 30.3 Å². The second-order valence-electron chi connectivity index (χ2n) is 5.59. The van der Waals surface area contributed by atoms with Gasteiger partial charge in [0, 0.05) is 6.92 Å². The van der Waals surface area contributed by atoms with E-state index in [0.29, 0.717) is 5.56 Å². The average Bonchev–Trinajstić information content (AvgIpc) is 2.45. The molecule has 0 unspecified atom stereocenters. The summed E-state index contributed by atoms with van der Waals surface area (Å²) in [7, 11) is -4.86. The zero-order chi connectivity index (χ0) is 18.1. The van der Waals surface area contributed by atoms with Crippen LogP contribution >= 0.6 is 0 Å². The third-order valence-corrected chi connectivity index (χ3v) is 4.49. The van der Waals surface area contributed by atoms with Crippen LogP contribution in [0.1, 0.15) is 19.4 Å². The fraction of sp³-hybridized carbons (Fsp3) is 0.357. The minimum absolute atomic E-state index is 0.0254. The first-order chi connectivity index (χ1) is 11.1. The highest BCUT2D eigenvalue weighted by molar-refractivity contribution is 7.84. The third kappa shape index (κ3) is 3.39. The Bertz CT molecular complexity index is 779. The fourth-order valence-electron chi connectivity index (χ4n) is 2.50. The SMILES string of the molecule is CC(=O)N[C@@H]1N(S(=O)(=O)O)C(=O)[C@]1(C)NC(=O)Cc1ccccc1. The summed E-state index contributed by atoms with van der Waals surface area (Å²) in [4.78, 5) is 35.5. The van der Waals surface area contributed by atoms with Crippen molar-refractivity contribution >= 4 is 28.0 Å². The van der Waals surface area contributed by atoms with Crippen LogP contribution in [0.25, 0.3) is 0 Å². The van der Waals surface area contributed by atoms with E-state index in [1.54, 1.807) is 30.3 Å². The van der Waals surface area contributed by atoms with Gasteiger partial charge in [-0.25, -0.2) is 0 Å². The summed E-state index contributed by atoms with van der Waals surface area (Å²) in [6.07, 6.45) is -1.43. The Hall–Kier alpha value is -2.46. The first-order valence-electron chi connectivity index (χ1n) is 6.99. The minimum Gasteiger partial charge on any atom is -0.338 e. The van der Waals surface area contributed by atoms with Crippen molar-refractivity contribution < 1.29 is 27.4 Å². The number of hydrogen-bond acceptors (Lipinski definition) is 5. The number of amides is 3. The summed E-state index contributed by atoms with van der Waals surface area (Å²) >= 11 is 0. The van der Waals surface area contributed by atoms with E-state index in [9.17, 15) is 22.8 Å². The summed E-state index contributed by atoms with van der Waals surface area (Å²) in [5.74, 6) is -2.18. The standard InChI is InChI=1S/C14H17N3O6S/c1-9(18)15-12-14(2,13(20)17(12)24(21,22)23)16-11(19)8-10-6-4-3-5-7-10/h3-7,12H,8H2,1-2H3,(H,15,18)(H,16,19)(H,21,22,23)/t12-,14-/m1/s1. The molecule has 2 rings (SSSR count). The molecule has 1 aliphatic rings. The van der Waals surface area contributed by atoms with E-state index in [0.717, 1.165) is 6.92 Å². The quantitative estimate of drug-likeness (QED) is 0.468. The molecule has 3 amide bonds. The van der Waals surface area contributed by atoms with Crippen molar-refractivity contribution in [2.75, 3.05) is 0 Å². The molecule has 0 aliphatic carbocycles. The Kier molecular flexibility index (Phi) is 4.63. The van der Waals surface area contributed by atoms with E-state index in [2.05, 4.69) is 10.6 Å². The topological polar surface area (TPSA) is 133 Å². The predicted molar refractivity (Wildman–Crippen MR) is 82.7 cm³/mol. The highest BCUT2D eigenvalue weighted by atomic mass is 32.2. The molecule has 1 heterocycles. The number of rotatable bonds is 5. The van der Waals surface area contributed by atoms with Gasteiger partial charge in [0.05, 0.1) is 6.42 Å². The molecule has 130 valence electrons. The summed E-state index contributed by atoms with van der Waals surface area (Å²) in [5, 5.41) is 4.67. The van der Waals surface area contributed by atoms with Crippen molar-refractivity contribution in [3.05, 3.63) is 35.9 Å². The molecule has 1 aromatic rings. The third-order valence-electron chi connectivity index (χ3n) is 3.62. The van der Waals surface area contributed by atoms with E-state index in [4.69, 9.17) is 4.55 Å². The number of carbonyl (C=O) groups is 3. The number of β-lactam (4-membered cyclic amide) rings is 1. The molecule has 1 saturated heterocycles.